The maximum Gasteiger partial charge on any atom is 0.267 e. The number of fused-ring (bicyclic) bond motifs is 1. The first-order chi connectivity index (χ1) is 13.5. The van der Waals surface area contributed by atoms with Crippen LogP contribution in [0.2, 0.25) is 0 Å². The summed E-state index contributed by atoms with van der Waals surface area (Å²) in [5.74, 6) is 0.671. The van der Waals surface area contributed by atoms with Crippen LogP contribution in [-0.2, 0) is 0 Å². The van der Waals surface area contributed by atoms with Crippen LogP contribution in [0.3, 0.4) is 0 Å². The van der Waals surface area contributed by atoms with Crippen molar-refractivity contribution in [2.24, 2.45) is 4.99 Å². The van der Waals surface area contributed by atoms with Crippen LogP contribution in [-0.4, -0.2) is 25.9 Å². The summed E-state index contributed by atoms with van der Waals surface area (Å²) in [6.07, 6.45) is 1.53. The minimum Gasteiger partial charge on any atom is -0.494 e. The summed E-state index contributed by atoms with van der Waals surface area (Å²) in [6, 6.07) is 18.0. The molecule has 138 valence electrons. The van der Waals surface area contributed by atoms with Gasteiger partial charge >= 0.3 is 0 Å². The molecule has 0 fully saturated rings. The molecule has 0 aliphatic heterocycles. The average Bonchev–Trinajstić information content (AvgIpc) is 2.68. The van der Waals surface area contributed by atoms with Gasteiger partial charge in [0.05, 0.1) is 5.56 Å². The van der Waals surface area contributed by atoms with Crippen molar-refractivity contribution in [1.82, 2.24) is 14.5 Å². The topological polar surface area (TPSA) is 80.4 Å². The van der Waals surface area contributed by atoms with Gasteiger partial charge in [0, 0.05) is 28.4 Å². The van der Waals surface area contributed by atoms with Gasteiger partial charge < -0.3 is 5.11 Å². The second kappa shape index (κ2) is 7.08. The standard InChI is InChI=1S/C22H18N4O2/c1-14-7-5-11-19(24-14)23-13-18-16-9-3-4-10-17(16)21(27)26(22(18)28)20-12-6-8-15(2)25-20/h3-13,28H,1-2H3. The lowest BCUT2D eigenvalue weighted by Crippen LogP contribution is -2.21. The highest BCUT2D eigenvalue weighted by Gasteiger charge is 2.17. The second-order valence-electron chi connectivity index (χ2n) is 6.46. The predicted molar refractivity (Wildman–Crippen MR) is 110 cm³/mol. The molecule has 0 unspecified atom stereocenters. The summed E-state index contributed by atoms with van der Waals surface area (Å²) in [4.78, 5) is 26.2. The van der Waals surface area contributed by atoms with Crippen LogP contribution in [0.4, 0.5) is 5.82 Å². The molecule has 0 amide bonds. The van der Waals surface area contributed by atoms with Crippen LogP contribution in [0.5, 0.6) is 5.88 Å². The Bertz CT molecular complexity index is 1280. The second-order valence-corrected chi connectivity index (χ2v) is 6.46. The highest BCUT2D eigenvalue weighted by Crippen LogP contribution is 2.26. The highest BCUT2D eigenvalue weighted by atomic mass is 16.3. The van der Waals surface area contributed by atoms with E-state index in [9.17, 15) is 9.90 Å². The van der Waals surface area contributed by atoms with E-state index in [1.165, 1.54) is 10.8 Å². The van der Waals surface area contributed by atoms with Gasteiger partial charge in [0.25, 0.3) is 5.56 Å². The molecule has 0 spiro atoms. The molecule has 0 atom stereocenters. The van der Waals surface area contributed by atoms with Crippen LogP contribution in [0.25, 0.3) is 16.6 Å². The molecule has 1 N–H and O–H groups in total. The van der Waals surface area contributed by atoms with Gasteiger partial charge in [-0.2, -0.15) is 0 Å². The Hall–Kier alpha value is -3.80. The van der Waals surface area contributed by atoms with Crippen molar-refractivity contribution >= 4 is 22.8 Å². The highest BCUT2D eigenvalue weighted by molar-refractivity contribution is 6.02. The maximum atomic E-state index is 13.0. The van der Waals surface area contributed by atoms with Crippen LogP contribution >= 0.6 is 0 Å². The molecule has 0 aliphatic rings. The van der Waals surface area contributed by atoms with Gasteiger partial charge in [-0.1, -0.05) is 30.3 Å². The quantitative estimate of drug-likeness (QED) is 0.556. The Morgan fingerprint density at radius 1 is 0.893 bits per heavy atom. The van der Waals surface area contributed by atoms with Gasteiger partial charge in [-0.15, -0.1) is 0 Å². The van der Waals surface area contributed by atoms with Crippen LogP contribution < -0.4 is 5.56 Å². The zero-order valence-electron chi connectivity index (χ0n) is 15.5. The van der Waals surface area contributed by atoms with Crippen molar-refractivity contribution in [1.29, 1.82) is 0 Å². The Labute approximate surface area is 161 Å². The third-order valence-electron chi connectivity index (χ3n) is 4.41. The molecule has 4 aromatic rings. The molecule has 0 radical (unpaired) electrons. The number of rotatable bonds is 3. The smallest absolute Gasteiger partial charge is 0.267 e. The summed E-state index contributed by atoms with van der Waals surface area (Å²) in [5, 5.41) is 12.0. The first-order valence-corrected chi connectivity index (χ1v) is 8.83. The Balaban J connectivity index is 1.99. The van der Waals surface area contributed by atoms with E-state index in [1.807, 2.05) is 38.1 Å². The summed E-state index contributed by atoms with van der Waals surface area (Å²) in [5.41, 5.74) is 1.69. The average molecular weight is 370 g/mol. The van der Waals surface area contributed by atoms with E-state index in [-0.39, 0.29) is 11.4 Å². The van der Waals surface area contributed by atoms with Gasteiger partial charge in [-0.05, 0) is 44.2 Å². The van der Waals surface area contributed by atoms with Crippen LogP contribution in [0, 0.1) is 13.8 Å². The summed E-state index contributed by atoms with van der Waals surface area (Å²) >= 11 is 0. The van der Waals surface area contributed by atoms with Crippen molar-refractivity contribution in [2.45, 2.75) is 13.8 Å². The SMILES string of the molecule is Cc1cccc(N=Cc2c(O)n(-c3cccc(C)n3)c(=O)c3ccccc23)n1. The lowest BCUT2D eigenvalue weighted by molar-refractivity contribution is 0.435. The van der Waals surface area contributed by atoms with Crippen molar-refractivity contribution in [2.75, 3.05) is 0 Å². The molecule has 4 rings (SSSR count). The molecular weight excluding hydrogens is 352 g/mol. The predicted octanol–water partition coefficient (Wildman–Crippen LogP) is 3.85. The number of aryl methyl sites for hydroxylation is 2. The Morgan fingerprint density at radius 3 is 2.29 bits per heavy atom. The van der Waals surface area contributed by atoms with Gasteiger partial charge in [-0.3, -0.25) is 4.79 Å². The van der Waals surface area contributed by atoms with Gasteiger partial charge in [0.1, 0.15) is 5.82 Å². The Morgan fingerprint density at radius 2 is 1.57 bits per heavy atom. The van der Waals surface area contributed by atoms with Gasteiger partial charge in [0.15, 0.2) is 5.82 Å². The third kappa shape index (κ3) is 3.16. The van der Waals surface area contributed by atoms with E-state index >= 15 is 0 Å². The van der Waals surface area contributed by atoms with Gasteiger partial charge in [-0.25, -0.2) is 19.5 Å². The molecule has 0 saturated carbocycles. The van der Waals surface area contributed by atoms with E-state index in [2.05, 4.69) is 15.0 Å². The number of hydrogen-bond acceptors (Lipinski definition) is 5. The van der Waals surface area contributed by atoms with Gasteiger partial charge in [0.2, 0.25) is 5.88 Å². The fraction of sp³-hybridized carbons (Fsp3) is 0.0909. The van der Waals surface area contributed by atoms with E-state index in [0.717, 1.165) is 11.4 Å². The number of aliphatic imine (C=N–C) groups is 1. The number of pyridine rings is 3. The number of aromatic nitrogens is 3. The molecule has 3 aromatic heterocycles. The monoisotopic (exact) mass is 370 g/mol. The van der Waals surface area contributed by atoms with Crippen molar-refractivity contribution in [3.8, 4) is 11.7 Å². The molecule has 28 heavy (non-hydrogen) atoms. The van der Waals surface area contributed by atoms with Crippen molar-refractivity contribution in [3.63, 3.8) is 0 Å². The van der Waals surface area contributed by atoms with Crippen molar-refractivity contribution < 1.29 is 5.11 Å². The maximum absolute atomic E-state index is 13.0. The van der Waals surface area contributed by atoms with E-state index in [1.54, 1.807) is 36.4 Å². The lowest BCUT2D eigenvalue weighted by Gasteiger charge is -2.13. The number of benzene rings is 1. The number of nitrogens with zero attached hydrogens (tertiary/aromatic N) is 4. The summed E-state index contributed by atoms with van der Waals surface area (Å²) in [7, 11) is 0. The molecular formula is C22H18N4O2. The number of aromatic hydroxyl groups is 1. The fourth-order valence-electron chi connectivity index (χ4n) is 3.09. The lowest BCUT2D eigenvalue weighted by atomic mass is 10.1. The molecule has 6 nitrogen and oxygen atoms in total. The molecule has 0 saturated heterocycles. The zero-order chi connectivity index (χ0) is 19.7. The largest absolute Gasteiger partial charge is 0.494 e. The number of hydrogen-bond donors (Lipinski definition) is 1. The van der Waals surface area contributed by atoms with E-state index < -0.39 is 0 Å². The van der Waals surface area contributed by atoms with E-state index in [0.29, 0.717) is 28.0 Å². The molecule has 1 aromatic carbocycles. The molecule has 0 bridgehead atoms. The third-order valence-corrected chi connectivity index (χ3v) is 4.41. The fourth-order valence-corrected chi connectivity index (χ4v) is 3.09. The van der Waals surface area contributed by atoms with Crippen LogP contribution in [0.1, 0.15) is 17.0 Å². The summed E-state index contributed by atoms with van der Waals surface area (Å²) < 4.78 is 1.21. The van der Waals surface area contributed by atoms with Crippen molar-refractivity contribution in [3.05, 3.63) is 88.0 Å². The minimum absolute atomic E-state index is 0.210. The Kier molecular flexibility index (Phi) is 4.45. The minimum atomic E-state index is -0.336. The normalized spacial score (nSPS) is 11.4. The molecule has 6 heteroatoms. The first kappa shape index (κ1) is 17.6. The zero-order valence-corrected chi connectivity index (χ0v) is 15.5. The van der Waals surface area contributed by atoms with Crippen LogP contribution in [0.15, 0.2) is 70.5 Å². The first-order valence-electron chi connectivity index (χ1n) is 8.83. The molecule has 0 aliphatic carbocycles. The molecule has 3 heterocycles. The summed E-state index contributed by atoms with van der Waals surface area (Å²) in [6.45, 7) is 3.72. The van der Waals surface area contributed by atoms with E-state index in [4.69, 9.17) is 0 Å².